The van der Waals surface area contributed by atoms with Gasteiger partial charge in [-0.1, -0.05) is 0 Å². The molecule has 0 aromatic rings. The molecular weight excluding hydrogens is 100 g/mol. The SMILES string of the molecule is C1CC2(C[N]1)CNC2. The van der Waals surface area contributed by atoms with Gasteiger partial charge in [0.15, 0.2) is 0 Å². The Balaban J connectivity index is 2.01. The summed E-state index contributed by atoms with van der Waals surface area (Å²) in [5, 5.41) is 7.60. The minimum Gasteiger partial charge on any atom is -0.315 e. The van der Waals surface area contributed by atoms with Crippen LogP contribution in [0.2, 0.25) is 0 Å². The topological polar surface area (TPSA) is 26.1 Å². The van der Waals surface area contributed by atoms with Crippen molar-refractivity contribution in [3.05, 3.63) is 0 Å². The molecule has 2 aliphatic heterocycles. The Bertz CT molecular complexity index is 88.7. The van der Waals surface area contributed by atoms with Crippen LogP contribution >= 0.6 is 0 Å². The molecule has 1 spiro atoms. The smallest absolute Gasteiger partial charge is 0.0214 e. The molecule has 0 amide bonds. The van der Waals surface area contributed by atoms with Crippen molar-refractivity contribution < 1.29 is 0 Å². The summed E-state index contributed by atoms with van der Waals surface area (Å²) in [4.78, 5) is 0. The van der Waals surface area contributed by atoms with Crippen LogP contribution in [-0.4, -0.2) is 26.2 Å². The van der Waals surface area contributed by atoms with Gasteiger partial charge in [-0.05, 0) is 6.42 Å². The zero-order valence-electron chi connectivity index (χ0n) is 4.98. The first kappa shape index (κ1) is 4.77. The van der Waals surface area contributed by atoms with E-state index in [2.05, 4.69) is 10.6 Å². The molecule has 1 N–H and O–H groups in total. The van der Waals surface area contributed by atoms with Gasteiger partial charge in [-0.2, -0.15) is 0 Å². The lowest BCUT2D eigenvalue weighted by atomic mass is 9.81. The van der Waals surface area contributed by atoms with E-state index in [1.807, 2.05) is 0 Å². The highest BCUT2D eigenvalue weighted by atomic mass is 15.1. The molecule has 0 bridgehead atoms. The second-order valence-corrected chi connectivity index (χ2v) is 2.96. The molecule has 2 fully saturated rings. The number of nitrogens with one attached hydrogen (secondary N) is 1. The third-order valence-electron chi connectivity index (χ3n) is 2.25. The maximum absolute atomic E-state index is 4.32. The summed E-state index contributed by atoms with van der Waals surface area (Å²) in [6.07, 6.45) is 1.33. The lowest BCUT2D eigenvalue weighted by molar-refractivity contribution is 0.196. The fraction of sp³-hybridized carbons (Fsp3) is 1.00. The van der Waals surface area contributed by atoms with Gasteiger partial charge in [0.1, 0.15) is 0 Å². The largest absolute Gasteiger partial charge is 0.315 e. The zero-order valence-corrected chi connectivity index (χ0v) is 4.98. The summed E-state index contributed by atoms with van der Waals surface area (Å²) in [6.45, 7) is 4.68. The monoisotopic (exact) mass is 111 g/mol. The van der Waals surface area contributed by atoms with Crippen molar-refractivity contribution in [1.29, 1.82) is 0 Å². The Morgan fingerprint density at radius 3 is 2.50 bits per heavy atom. The van der Waals surface area contributed by atoms with Crippen molar-refractivity contribution in [1.82, 2.24) is 10.6 Å². The number of rotatable bonds is 0. The average molecular weight is 111 g/mol. The first-order valence-electron chi connectivity index (χ1n) is 3.25. The van der Waals surface area contributed by atoms with Crippen LogP contribution < -0.4 is 10.6 Å². The van der Waals surface area contributed by atoms with Crippen LogP contribution in [-0.2, 0) is 0 Å². The van der Waals surface area contributed by atoms with Gasteiger partial charge in [0.05, 0.1) is 0 Å². The van der Waals surface area contributed by atoms with Crippen LogP contribution in [0.25, 0.3) is 0 Å². The van der Waals surface area contributed by atoms with Crippen molar-refractivity contribution >= 4 is 0 Å². The van der Waals surface area contributed by atoms with Crippen molar-refractivity contribution in [2.24, 2.45) is 5.41 Å². The van der Waals surface area contributed by atoms with Crippen LogP contribution in [0, 0.1) is 5.41 Å². The predicted molar refractivity (Wildman–Crippen MR) is 31.8 cm³/mol. The maximum atomic E-state index is 4.32. The number of hydrogen-bond donors (Lipinski definition) is 1. The Labute approximate surface area is 49.7 Å². The molecular formula is C6H11N2. The summed E-state index contributed by atoms with van der Waals surface area (Å²) in [6, 6.07) is 0. The van der Waals surface area contributed by atoms with Crippen LogP contribution in [0.5, 0.6) is 0 Å². The quantitative estimate of drug-likeness (QED) is 0.451. The third-order valence-corrected chi connectivity index (χ3v) is 2.25. The molecule has 2 heterocycles. The lowest BCUT2D eigenvalue weighted by Gasteiger charge is -2.38. The molecule has 1 radical (unpaired) electrons. The summed E-state index contributed by atoms with van der Waals surface area (Å²) in [7, 11) is 0. The molecule has 0 unspecified atom stereocenters. The van der Waals surface area contributed by atoms with Crippen LogP contribution in [0.4, 0.5) is 0 Å². The standard InChI is InChI=1S/C6H11N2/c1-2-7-3-6(1)4-8-5-6/h8H,1-5H2. The number of nitrogens with zero attached hydrogens (tertiary/aromatic N) is 1. The molecule has 2 saturated heterocycles. The van der Waals surface area contributed by atoms with Gasteiger partial charge in [0, 0.05) is 31.6 Å². The Morgan fingerprint density at radius 1 is 1.38 bits per heavy atom. The van der Waals surface area contributed by atoms with Crippen LogP contribution in [0.1, 0.15) is 6.42 Å². The normalized spacial score (nSPS) is 33.0. The van der Waals surface area contributed by atoms with Crippen molar-refractivity contribution in [2.75, 3.05) is 26.2 Å². The number of hydrogen-bond acceptors (Lipinski definition) is 1. The first-order chi connectivity index (χ1) is 3.91. The van der Waals surface area contributed by atoms with Gasteiger partial charge in [0.25, 0.3) is 0 Å². The second kappa shape index (κ2) is 1.45. The summed E-state index contributed by atoms with van der Waals surface area (Å²) in [5.41, 5.74) is 0.639. The van der Waals surface area contributed by atoms with Crippen LogP contribution in [0.15, 0.2) is 0 Å². The van der Waals surface area contributed by atoms with Gasteiger partial charge in [-0.3, -0.25) is 0 Å². The van der Waals surface area contributed by atoms with Gasteiger partial charge < -0.3 is 5.32 Å². The molecule has 2 nitrogen and oxygen atoms in total. The van der Waals surface area contributed by atoms with E-state index >= 15 is 0 Å². The molecule has 0 saturated carbocycles. The van der Waals surface area contributed by atoms with E-state index in [0.29, 0.717) is 5.41 Å². The minimum atomic E-state index is 0.639. The molecule has 8 heavy (non-hydrogen) atoms. The highest BCUT2D eigenvalue weighted by molar-refractivity contribution is 4.97. The highest BCUT2D eigenvalue weighted by Crippen LogP contribution is 2.29. The van der Waals surface area contributed by atoms with Crippen molar-refractivity contribution in [2.45, 2.75) is 6.42 Å². The Kier molecular flexibility index (Phi) is 0.866. The van der Waals surface area contributed by atoms with E-state index in [9.17, 15) is 0 Å². The fourth-order valence-corrected chi connectivity index (χ4v) is 1.48. The molecule has 2 heteroatoms. The summed E-state index contributed by atoms with van der Waals surface area (Å²) < 4.78 is 0. The first-order valence-corrected chi connectivity index (χ1v) is 3.25. The molecule has 45 valence electrons. The zero-order chi connectivity index (χ0) is 5.45. The van der Waals surface area contributed by atoms with Crippen molar-refractivity contribution in [3.63, 3.8) is 0 Å². The van der Waals surface area contributed by atoms with E-state index in [1.54, 1.807) is 0 Å². The molecule has 0 aliphatic carbocycles. The fourth-order valence-electron chi connectivity index (χ4n) is 1.48. The van der Waals surface area contributed by atoms with Gasteiger partial charge in [-0.15, -0.1) is 0 Å². The van der Waals surface area contributed by atoms with Gasteiger partial charge >= 0.3 is 0 Å². The molecule has 2 rings (SSSR count). The van der Waals surface area contributed by atoms with Gasteiger partial charge in [0.2, 0.25) is 0 Å². The molecule has 2 aliphatic rings. The molecule has 0 atom stereocenters. The molecule has 0 aromatic heterocycles. The van der Waals surface area contributed by atoms with Crippen molar-refractivity contribution in [3.8, 4) is 0 Å². The minimum absolute atomic E-state index is 0.639. The van der Waals surface area contributed by atoms with E-state index in [-0.39, 0.29) is 0 Å². The Morgan fingerprint density at radius 2 is 2.25 bits per heavy atom. The Hall–Kier alpha value is -0.0800. The summed E-state index contributed by atoms with van der Waals surface area (Å²) in [5.74, 6) is 0. The van der Waals surface area contributed by atoms with E-state index in [1.165, 1.54) is 19.5 Å². The maximum Gasteiger partial charge on any atom is 0.0214 e. The van der Waals surface area contributed by atoms with Gasteiger partial charge in [-0.25, -0.2) is 5.32 Å². The van der Waals surface area contributed by atoms with E-state index < -0.39 is 0 Å². The second-order valence-electron chi connectivity index (χ2n) is 2.96. The van der Waals surface area contributed by atoms with E-state index in [4.69, 9.17) is 0 Å². The van der Waals surface area contributed by atoms with E-state index in [0.717, 1.165) is 13.1 Å². The molecule has 0 aromatic carbocycles. The average Bonchev–Trinajstić information content (AvgIpc) is 2.07. The highest BCUT2D eigenvalue weighted by Gasteiger charge is 2.39. The van der Waals surface area contributed by atoms with Crippen LogP contribution in [0.3, 0.4) is 0 Å². The predicted octanol–water partition coefficient (Wildman–Crippen LogP) is -0.416. The summed E-state index contributed by atoms with van der Waals surface area (Å²) >= 11 is 0. The third kappa shape index (κ3) is 0.501. The lowest BCUT2D eigenvalue weighted by Crippen LogP contribution is -2.54.